The largest absolute Gasteiger partial charge is 0.349 e. The summed E-state index contributed by atoms with van der Waals surface area (Å²) in [4.78, 5) is 18.4. The maximum Gasteiger partial charge on any atom is 0.292 e. The van der Waals surface area contributed by atoms with Gasteiger partial charge in [0.2, 0.25) is 0 Å². The van der Waals surface area contributed by atoms with Gasteiger partial charge in [0.15, 0.2) is 0 Å². The maximum atomic E-state index is 11.2. The van der Waals surface area contributed by atoms with E-state index >= 15 is 0 Å². The van der Waals surface area contributed by atoms with Crippen LogP contribution in [-0.2, 0) is 0 Å². The van der Waals surface area contributed by atoms with Gasteiger partial charge in [0.1, 0.15) is 11.3 Å². The Morgan fingerprint density at radius 2 is 1.78 bits per heavy atom. The van der Waals surface area contributed by atoms with E-state index < -0.39 is 4.92 Å². The van der Waals surface area contributed by atoms with Crippen LogP contribution in [0.3, 0.4) is 0 Å². The molecule has 0 amide bonds. The SMILES string of the molecule is O=[N+]([O-])c1ccccc1Nc1ccnc2[nH]c3ccccc3c12. The normalized spacial score (nSPS) is 11.0. The van der Waals surface area contributed by atoms with Crippen LogP contribution in [0.25, 0.3) is 21.9 Å². The minimum atomic E-state index is -0.393. The Morgan fingerprint density at radius 1 is 1.00 bits per heavy atom. The number of nitrogens with one attached hydrogen (secondary N) is 2. The van der Waals surface area contributed by atoms with Crippen LogP contribution in [0.1, 0.15) is 0 Å². The molecular formula is C17H12N4O2. The van der Waals surface area contributed by atoms with Gasteiger partial charge in [0, 0.05) is 23.2 Å². The van der Waals surface area contributed by atoms with Crippen LogP contribution in [-0.4, -0.2) is 14.9 Å². The first-order valence-electron chi connectivity index (χ1n) is 7.10. The molecule has 2 aromatic carbocycles. The van der Waals surface area contributed by atoms with Crippen molar-refractivity contribution in [2.45, 2.75) is 0 Å². The molecule has 0 saturated heterocycles. The molecule has 0 aliphatic carbocycles. The van der Waals surface area contributed by atoms with E-state index in [1.165, 1.54) is 6.07 Å². The van der Waals surface area contributed by atoms with E-state index in [-0.39, 0.29) is 5.69 Å². The fourth-order valence-corrected chi connectivity index (χ4v) is 2.75. The smallest absolute Gasteiger partial charge is 0.292 e. The number of nitrogens with zero attached hydrogens (tertiary/aromatic N) is 2. The minimum absolute atomic E-state index is 0.0392. The van der Waals surface area contributed by atoms with E-state index in [2.05, 4.69) is 15.3 Å². The second kappa shape index (κ2) is 5.10. The summed E-state index contributed by atoms with van der Waals surface area (Å²) < 4.78 is 0. The molecule has 0 aliphatic rings. The van der Waals surface area contributed by atoms with Gasteiger partial charge in [-0.1, -0.05) is 30.3 Å². The van der Waals surface area contributed by atoms with Crippen molar-refractivity contribution in [1.82, 2.24) is 9.97 Å². The van der Waals surface area contributed by atoms with Crippen molar-refractivity contribution >= 4 is 39.0 Å². The fourth-order valence-electron chi connectivity index (χ4n) is 2.75. The van der Waals surface area contributed by atoms with Crippen molar-refractivity contribution in [1.29, 1.82) is 0 Å². The van der Waals surface area contributed by atoms with Crippen molar-refractivity contribution in [3.8, 4) is 0 Å². The maximum absolute atomic E-state index is 11.2. The lowest BCUT2D eigenvalue weighted by atomic mass is 10.1. The molecule has 112 valence electrons. The number of rotatable bonds is 3. The van der Waals surface area contributed by atoms with Crippen molar-refractivity contribution in [2.75, 3.05) is 5.32 Å². The lowest BCUT2D eigenvalue weighted by Crippen LogP contribution is -1.97. The Morgan fingerprint density at radius 3 is 2.65 bits per heavy atom. The van der Waals surface area contributed by atoms with Gasteiger partial charge < -0.3 is 10.3 Å². The van der Waals surface area contributed by atoms with Crippen molar-refractivity contribution in [3.63, 3.8) is 0 Å². The minimum Gasteiger partial charge on any atom is -0.349 e. The highest BCUT2D eigenvalue weighted by atomic mass is 16.6. The number of para-hydroxylation sites is 3. The summed E-state index contributed by atoms with van der Waals surface area (Å²) in [5.41, 5.74) is 3.00. The molecule has 4 aromatic rings. The van der Waals surface area contributed by atoms with Crippen LogP contribution in [0.2, 0.25) is 0 Å². The fraction of sp³-hybridized carbons (Fsp3) is 0. The van der Waals surface area contributed by atoms with Gasteiger partial charge in [-0.2, -0.15) is 0 Å². The molecule has 0 unspecified atom stereocenters. The molecule has 0 bridgehead atoms. The van der Waals surface area contributed by atoms with Gasteiger partial charge >= 0.3 is 0 Å². The third-order valence-electron chi connectivity index (χ3n) is 3.77. The number of anilines is 2. The first kappa shape index (κ1) is 13.3. The Balaban J connectivity index is 1.92. The summed E-state index contributed by atoms with van der Waals surface area (Å²) in [6.45, 7) is 0. The first-order valence-corrected chi connectivity index (χ1v) is 7.10. The molecule has 0 saturated carbocycles. The van der Waals surface area contributed by atoms with Crippen LogP contribution in [0, 0.1) is 10.1 Å². The average Bonchev–Trinajstić information content (AvgIpc) is 2.94. The van der Waals surface area contributed by atoms with Gasteiger partial charge in [0.05, 0.1) is 16.0 Å². The third kappa shape index (κ3) is 2.17. The molecule has 0 fully saturated rings. The van der Waals surface area contributed by atoms with Gasteiger partial charge in [-0.25, -0.2) is 4.98 Å². The van der Waals surface area contributed by atoms with Crippen molar-refractivity contribution < 1.29 is 4.92 Å². The van der Waals surface area contributed by atoms with E-state index in [0.717, 1.165) is 27.6 Å². The van der Waals surface area contributed by atoms with Gasteiger partial charge in [0.25, 0.3) is 5.69 Å². The molecule has 0 aliphatic heterocycles. The number of benzene rings is 2. The van der Waals surface area contributed by atoms with Crippen LogP contribution in [0.15, 0.2) is 60.8 Å². The summed E-state index contributed by atoms with van der Waals surface area (Å²) in [7, 11) is 0. The van der Waals surface area contributed by atoms with Gasteiger partial charge in [-0.05, 0) is 18.2 Å². The predicted molar refractivity (Wildman–Crippen MR) is 90.0 cm³/mol. The molecule has 0 atom stereocenters. The molecule has 0 radical (unpaired) electrons. The summed E-state index contributed by atoms with van der Waals surface area (Å²) >= 11 is 0. The molecular weight excluding hydrogens is 292 g/mol. The van der Waals surface area contributed by atoms with E-state index in [1.54, 1.807) is 24.4 Å². The quantitative estimate of drug-likeness (QED) is 0.435. The molecule has 2 N–H and O–H groups in total. The second-order valence-electron chi connectivity index (χ2n) is 5.15. The summed E-state index contributed by atoms with van der Waals surface area (Å²) in [5, 5.41) is 16.3. The number of fused-ring (bicyclic) bond motifs is 3. The number of aromatic nitrogens is 2. The van der Waals surface area contributed by atoms with Crippen molar-refractivity contribution in [3.05, 3.63) is 70.9 Å². The standard InChI is InChI=1S/C17H12N4O2/c22-21(23)15-8-4-3-7-13(15)19-14-9-10-18-17-16(14)11-5-1-2-6-12(11)20-17/h1-10H,(H2,18,19,20). The average molecular weight is 304 g/mol. The highest BCUT2D eigenvalue weighted by Crippen LogP contribution is 2.34. The lowest BCUT2D eigenvalue weighted by Gasteiger charge is -2.08. The van der Waals surface area contributed by atoms with Gasteiger partial charge in [-0.3, -0.25) is 10.1 Å². The zero-order valence-electron chi connectivity index (χ0n) is 12.0. The Bertz CT molecular complexity index is 1040. The molecule has 4 rings (SSSR count). The molecule has 23 heavy (non-hydrogen) atoms. The number of H-pyrrole nitrogens is 1. The lowest BCUT2D eigenvalue weighted by molar-refractivity contribution is -0.383. The first-order chi connectivity index (χ1) is 11.2. The predicted octanol–water partition coefficient (Wildman–Crippen LogP) is 4.37. The molecule has 2 heterocycles. The summed E-state index contributed by atoms with van der Waals surface area (Å²) in [5.74, 6) is 0. The van der Waals surface area contributed by atoms with E-state index in [1.807, 2.05) is 30.3 Å². The van der Waals surface area contributed by atoms with Crippen molar-refractivity contribution in [2.24, 2.45) is 0 Å². The van der Waals surface area contributed by atoms with E-state index in [9.17, 15) is 10.1 Å². The zero-order chi connectivity index (χ0) is 15.8. The van der Waals surface area contributed by atoms with Crippen LogP contribution < -0.4 is 5.32 Å². The van der Waals surface area contributed by atoms with Crippen LogP contribution >= 0.6 is 0 Å². The summed E-state index contributed by atoms with van der Waals surface area (Å²) in [6.07, 6.45) is 1.68. The number of nitro groups is 1. The third-order valence-corrected chi connectivity index (χ3v) is 3.77. The monoisotopic (exact) mass is 304 g/mol. The Hall–Kier alpha value is -3.41. The summed E-state index contributed by atoms with van der Waals surface area (Å²) in [6, 6.07) is 16.3. The zero-order valence-corrected chi connectivity index (χ0v) is 12.0. The number of aromatic amines is 1. The van der Waals surface area contributed by atoms with E-state index in [4.69, 9.17) is 0 Å². The highest BCUT2D eigenvalue weighted by molar-refractivity contribution is 6.12. The van der Waals surface area contributed by atoms with Gasteiger partial charge in [-0.15, -0.1) is 0 Å². The number of hydrogen-bond donors (Lipinski definition) is 2. The molecule has 0 spiro atoms. The van der Waals surface area contributed by atoms with E-state index in [0.29, 0.717) is 5.69 Å². The number of hydrogen-bond acceptors (Lipinski definition) is 4. The molecule has 6 heteroatoms. The second-order valence-corrected chi connectivity index (χ2v) is 5.15. The topological polar surface area (TPSA) is 83.8 Å². The van der Waals surface area contributed by atoms with Crippen LogP contribution in [0.5, 0.6) is 0 Å². The van der Waals surface area contributed by atoms with Crippen LogP contribution in [0.4, 0.5) is 17.1 Å². The Kier molecular flexibility index (Phi) is 2.94. The molecule has 6 nitrogen and oxygen atoms in total. The molecule has 2 aromatic heterocycles. The Labute approximate surface area is 130 Å². The number of nitro benzene ring substituents is 1. The highest BCUT2D eigenvalue weighted by Gasteiger charge is 2.15. The number of pyridine rings is 1.